The summed E-state index contributed by atoms with van der Waals surface area (Å²) in [5, 5.41) is 0. The van der Waals surface area contributed by atoms with E-state index in [1.165, 1.54) is 20.0 Å². The van der Waals surface area contributed by atoms with Crippen molar-refractivity contribution in [1.29, 1.82) is 0 Å². The van der Waals surface area contributed by atoms with Gasteiger partial charge < -0.3 is 9.64 Å². The predicted molar refractivity (Wildman–Crippen MR) is 57.0 cm³/mol. The first-order chi connectivity index (χ1) is 7.33. The summed E-state index contributed by atoms with van der Waals surface area (Å²) in [5.41, 5.74) is 1.31. The molecule has 2 heterocycles. The second kappa shape index (κ2) is 4.29. The monoisotopic (exact) mass is 206 g/mol. The number of pyridine rings is 1. The Bertz CT molecular complexity index is 359. The van der Waals surface area contributed by atoms with Crippen molar-refractivity contribution in [2.75, 3.05) is 25.1 Å². The van der Waals surface area contributed by atoms with E-state index in [1.807, 2.05) is 12.1 Å². The Labute approximate surface area is 88.9 Å². The third kappa shape index (κ3) is 1.93. The highest BCUT2D eigenvalue weighted by atomic mass is 16.5. The number of methoxy groups -OCH3 is 1. The van der Waals surface area contributed by atoms with E-state index in [0.717, 1.165) is 18.8 Å². The Morgan fingerprint density at radius 2 is 2.20 bits per heavy atom. The molecule has 1 aliphatic rings. The molecule has 4 heteroatoms. The van der Waals surface area contributed by atoms with Gasteiger partial charge >= 0.3 is 5.97 Å². The molecule has 0 bridgehead atoms. The van der Waals surface area contributed by atoms with E-state index >= 15 is 0 Å². The highest BCUT2D eigenvalue weighted by Crippen LogP contribution is 2.23. The molecule has 0 spiro atoms. The maximum Gasteiger partial charge on any atom is 0.358 e. The molecule has 0 radical (unpaired) electrons. The van der Waals surface area contributed by atoms with Crippen molar-refractivity contribution < 1.29 is 9.53 Å². The zero-order chi connectivity index (χ0) is 10.7. The number of rotatable bonds is 2. The van der Waals surface area contributed by atoms with Gasteiger partial charge in [0.15, 0.2) is 5.69 Å². The van der Waals surface area contributed by atoms with E-state index in [9.17, 15) is 4.79 Å². The molecule has 0 aromatic carbocycles. The summed E-state index contributed by atoms with van der Waals surface area (Å²) in [7, 11) is 1.38. The lowest BCUT2D eigenvalue weighted by molar-refractivity contribution is 0.0595. The summed E-state index contributed by atoms with van der Waals surface area (Å²) in [6, 6.07) is 3.77. The van der Waals surface area contributed by atoms with Gasteiger partial charge in [-0.3, -0.25) is 0 Å². The molecular formula is C11H14N2O2. The maximum atomic E-state index is 11.5. The Balaban J connectivity index is 2.32. The van der Waals surface area contributed by atoms with Crippen LogP contribution in [0.2, 0.25) is 0 Å². The Kier molecular flexibility index (Phi) is 2.85. The molecule has 1 aromatic rings. The second-order valence-corrected chi connectivity index (χ2v) is 3.56. The van der Waals surface area contributed by atoms with Crippen LogP contribution in [-0.2, 0) is 4.74 Å². The molecule has 2 rings (SSSR count). The highest BCUT2D eigenvalue weighted by Gasteiger charge is 2.20. The van der Waals surface area contributed by atoms with E-state index in [0.29, 0.717) is 5.69 Å². The summed E-state index contributed by atoms with van der Waals surface area (Å²) in [4.78, 5) is 17.7. The van der Waals surface area contributed by atoms with Crippen LogP contribution in [0.5, 0.6) is 0 Å². The van der Waals surface area contributed by atoms with Gasteiger partial charge in [0, 0.05) is 19.3 Å². The van der Waals surface area contributed by atoms with Gasteiger partial charge in [0.25, 0.3) is 0 Å². The second-order valence-electron chi connectivity index (χ2n) is 3.56. The smallest absolute Gasteiger partial charge is 0.358 e. The zero-order valence-corrected chi connectivity index (χ0v) is 8.77. The third-order valence-corrected chi connectivity index (χ3v) is 2.61. The topological polar surface area (TPSA) is 42.4 Å². The van der Waals surface area contributed by atoms with Crippen LogP contribution in [-0.4, -0.2) is 31.2 Å². The molecular weight excluding hydrogens is 192 g/mol. The molecule has 1 fully saturated rings. The molecule has 4 nitrogen and oxygen atoms in total. The Morgan fingerprint density at radius 1 is 1.47 bits per heavy atom. The van der Waals surface area contributed by atoms with Crippen molar-refractivity contribution in [3.05, 3.63) is 24.0 Å². The lowest BCUT2D eigenvalue weighted by Crippen LogP contribution is -2.21. The van der Waals surface area contributed by atoms with Gasteiger partial charge in [-0.25, -0.2) is 9.78 Å². The van der Waals surface area contributed by atoms with Gasteiger partial charge in [-0.15, -0.1) is 0 Å². The van der Waals surface area contributed by atoms with E-state index in [4.69, 9.17) is 4.74 Å². The lowest BCUT2D eigenvalue weighted by Gasteiger charge is -2.19. The average molecular weight is 206 g/mol. The molecule has 1 aromatic heterocycles. The number of hydrogen-bond acceptors (Lipinski definition) is 4. The minimum atomic E-state index is -0.363. The van der Waals surface area contributed by atoms with Gasteiger partial charge in [0.2, 0.25) is 0 Å². The fourth-order valence-corrected chi connectivity index (χ4v) is 1.86. The van der Waals surface area contributed by atoms with Gasteiger partial charge in [-0.2, -0.15) is 0 Å². The molecule has 0 saturated carbocycles. The average Bonchev–Trinajstić information content (AvgIpc) is 2.81. The fourth-order valence-electron chi connectivity index (χ4n) is 1.86. The summed E-state index contributed by atoms with van der Waals surface area (Å²) in [6.45, 7) is 1.99. The van der Waals surface area contributed by atoms with E-state index in [-0.39, 0.29) is 5.97 Å². The number of esters is 1. The van der Waals surface area contributed by atoms with Crippen LogP contribution in [0.15, 0.2) is 18.3 Å². The number of carbonyl (C=O) groups is 1. The van der Waals surface area contributed by atoms with Gasteiger partial charge in [0.1, 0.15) is 0 Å². The first-order valence-electron chi connectivity index (χ1n) is 5.11. The zero-order valence-electron chi connectivity index (χ0n) is 8.77. The number of ether oxygens (including phenoxy) is 1. The Hall–Kier alpha value is -1.58. The number of hydrogen-bond donors (Lipinski definition) is 0. The summed E-state index contributed by atoms with van der Waals surface area (Å²) in [6.07, 6.45) is 3.97. The number of nitrogens with zero attached hydrogens (tertiary/aromatic N) is 2. The van der Waals surface area contributed by atoms with Crippen LogP contribution >= 0.6 is 0 Å². The maximum absolute atomic E-state index is 11.5. The van der Waals surface area contributed by atoms with Crippen molar-refractivity contribution in [3.63, 3.8) is 0 Å². The fraction of sp³-hybridized carbons (Fsp3) is 0.455. The van der Waals surface area contributed by atoms with Crippen molar-refractivity contribution in [2.45, 2.75) is 12.8 Å². The first-order valence-corrected chi connectivity index (χ1v) is 5.11. The molecule has 0 atom stereocenters. The largest absolute Gasteiger partial charge is 0.464 e. The number of aromatic nitrogens is 1. The predicted octanol–water partition coefficient (Wildman–Crippen LogP) is 1.47. The molecule has 1 saturated heterocycles. The normalized spacial score (nSPS) is 15.4. The van der Waals surface area contributed by atoms with Crippen molar-refractivity contribution in [2.24, 2.45) is 0 Å². The van der Waals surface area contributed by atoms with Gasteiger partial charge in [0.05, 0.1) is 12.8 Å². The molecule has 0 N–H and O–H groups in total. The van der Waals surface area contributed by atoms with Crippen LogP contribution in [0, 0.1) is 0 Å². The van der Waals surface area contributed by atoms with Crippen LogP contribution in [0.4, 0.5) is 5.69 Å². The first kappa shape index (κ1) is 9.96. The molecule has 1 aliphatic heterocycles. The van der Waals surface area contributed by atoms with Crippen molar-refractivity contribution >= 4 is 11.7 Å². The molecule has 0 amide bonds. The van der Waals surface area contributed by atoms with E-state index in [2.05, 4.69) is 9.88 Å². The van der Waals surface area contributed by atoms with E-state index < -0.39 is 0 Å². The summed E-state index contributed by atoms with van der Waals surface area (Å²) >= 11 is 0. The quantitative estimate of drug-likeness (QED) is 0.687. The van der Waals surface area contributed by atoms with Crippen molar-refractivity contribution in [1.82, 2.24) is 4.98 Å². The molecule has 0 unspecified atom stereocenters. The molecule has 15 heavy (non-hydrogen) atoms. The minimum absolute atomic E-state index is 0.363. The summed E-state index contributed by atoms with van der Waals surface area (Å²) in [5.74, 6) is -0.363. The van der Waals surface area contributed by atoms with Crippen LogP contribution in [0.3, 0.4) is 0 Å². The third-order valence-electron chi connectivity index (χ3n) is 2.61. The van der Waals surface area contributed by atoms with Gasteiger partial charge in [-0.05, 0) is 25.0 Å². The van der Waals surface area contributed by atoms with Crippen LogP contribution < -0.4 is 4.90 Å². The van der Waals surface area contributed by atoms with Crippen LogP contribution in [0.1, 0.15) is 23.3 Å². The van der Waals surface area contributed by atoms with E-state index in [1.54, 1.807) is 6.20 Å². The number of anilines is 1. The number of carbonyl (C=O) groups excluding carboxylic acids is 1. The molecule has 80 valence electrons. The highest BCUT2D eigenvalue weighted by molar-refractivity contribution is 5.93. The molecule has 0 aliphatic carbocycles. The Morgan fingerprint density at radius 3 is 2.87 bits per heavy atom. The minimum Gasteiger partial charge on any atom is -0.464 e. The van der Waals surface area contributed by atoms with Crippen LogP contribution in [0.25, 0.3) is 0 Å². The lowest BCUT2D eigenvalue weighted by atomic mass is 10.2. The van der Waals surface area contributed by atoms with Gasteiger partial charge in [-0.1, -0.05) is 0 Å². The summed E-state index contributed by atoms with van der Waals surface area (Å²) < 4.78 is 4.71. The standard InChI is InChI=1S/C11H14N2O2/c1-15-11(14)10-9(5-4-6-12-10)13-7-2-3-8-13/h4-6H,2-3,7-8H2,1H3. The van der Waals surface area contributed by atoms with Crippen molar-refractivity contribution in [3.8, 4) is 0 Å². The SMILES string of the molecule is COC(=O)c1ncccc1N1CCCC1.